The Morgan fingerprint density at radius 3 is 2.38 bits per heavy atom. The molecule has 50 valence electrons. The Kier molecular flexibility index (Phi) is 5.01. The van der Waals surface area contributed by atoms with Gasteiger partial charge in [0.25, 0.3) is 0 Å². The van der Waals surface area contributed by atoms with Crippen molar-refractivity contribution < 1.29 is 0 Å². The predicted molar refractivity (Wildman–Crippen MR) is 37.3 cm³/mol. The molecule has 0 amide bonds. The summed E-state index contributed by atoms with van der Waals surface area (Å²) in [6.45, 7) is 2.15. The van der Waals surface area contributed by atoms with Gasteiger partial charge in [-0.1, -0.05) is 6.42 Å². The molecule has 0 aromatic carbocycles. The van der Waals surface area contributed by atoms with Gasteiger partial charge < -0.3 is 10.2 Å². The van der Waals surface area contributed by atoms with E-state index < -0.39 is 0 Å². The third kappa shape index (κ3) is 5.92. The van der Waals surface area contributed by atoms with E-state index in [9.17, 15) is 0 Å². The van der Waals surface area contributed by atoms with Crippen LogP contribution in [0, 0.1) is 0 Å². The average molecular weight is 115 g/mol. The Morgan fingerprint density at radius 2 is 2.00 bits per heavy atom. The van der Waals surface area contributed by atoms with E-state index >= 15 is 0 Å². The molecular formula is C6H15N2-. The van der Waals surface area contributed by atoms with Gasteiger partial charge in [0.15, 0.2) is 0 Å². The zero-order valence-electron chi connectivity index (χ0n) is 6.02. The molecule has 0 saturated heterocycles. The second-order valence-corrected chi connectivity index (χ2v) is 2.20. The molecule has 0 atom stereocenters. The monoisotopic (exact) mass is 115 g/mol. The summed E-state index contributed by atoms with van der Waals surface area (Å²) in [5.41, 5.74) is 0. The SMILES string of the molecule is C[N-]CCCN(C)C. The van der Waals surface area contributed by atoms with Gasteiger partial charge in [0, 0.05) is 0 Å². The van der Waals surface area contributed by atoms with Crippen LogP contribution in [0.5, 0.6) is 0 Å². The van der Waals surface area contributed by atoms with Gasteiger partial charge in [0.2, 0.25) is 0 Å². The zero-order valence-corrected chi connectivity index (χ0v) is 6.02. The minimum Gasteiger partial charge on any atom is -0.665 e. The summed E-state index contributed by atoms with van der Waals surface area (Å²) in [4.78, 5) is 2.17. The Bertz CT molecular complexity index is 43.8. The molecule has 0 aliphatic carbocycles. The fourth-order valence-electron chi connectivity index (χ4n) is 0.545. The minimum absolute atomic E-state index is 0.998. The fourth-order valence-corrected chi connectivity index (χ4v) is 0.545. The van der Waals surface area contributed by atoms with Gasteiger partial charge in [-0.05, 0) is 20.6 Å². The topological polar surface area (TPSA) is 17.3 Å². The van der Waals surface area contributed by atoms with Gasteiger partial charge in [0.05, 0.1) is 0 Å². The lowest BCUT2D eigenvalue weighted by atomic mass is 10.4. The third-order valence-electron chi connectivity index (χ3n) is 0.987. The van der Waals surface area contributed by atoms with Crippen LogP contribution >= 0.6 is 0 Å². The largest absolute Gasteiger partial charge is 0.665 e. The summed E-state index contributed by atoms with van der Waals surface area (Å²) in [6.07, 6.45) is 1.18. The van der Waals surface area contributed by atoms with Crippen molar-refractivity contribution in [1.29, 1.82) is 0 Å². The van der Waals surface area contributed by atoms with Crippen LogP contribution in [0.4, 0.5) is 0 Å². The predicted octanol–water partition coefficient (Wildman–Crippen LogP) is 0.942. The van der Waals surface area contributed by atoms with Crippen LogP contribution in [-0.2, 0) is 0 Å². The van der Waals surface area contributed by atoms with Crippen LogP contribution in [0.2, 0.25) is 0 Å². The molecule has 0 N–H and O–H groups in total. The van der Waals surface area contributed by atoms with E-state index in [2.05, 4.69) is 24.3 Å². The second-order valence-electron chi connectivity index (χ2n) is 2.20. The number of nitrogens with zero attached hydrogens (tertiary/aromatic N) is 2. The Hall–Kier alpha value is -0.0800. The highest BCUT2D eigenvalue weighted by Crippen LogP contribution is 1.86. The van der Waals surface area contributed by atoms with E-state index in [1.807, 2.05) is 7.05 Å². The molecule has 0 unspecified atom stereocenters. The van der Waals surface area contributed by atoms with Crippen molar-refractivity contribution in [3.63, 3.8) is 0 Å². The first-order valence-electron chi connectivity index (χ1n) is 2.97. The third-order valence-corrected chi connectivity index (χ3v) is 0.987. The second kappa shape index (κ2) is 5.06. The first-order valence-corrected chi connectivity index (χ1v) is 2.97. The standard InChI is InChI=1S/C6H15N2/c1-7-5-4-6-8(2)3/h4-6H2,1-3H3/q-1. The van der Waals surface area contributed by atoms with E-state index in [4.69, 9.17) is 0 Å². The number of rotatable bonds is 4. The average Bonchev–Trinajstić information content (AvgIpc) is 1.66. The number of hydrogen-bond donors (Lipinski definition) is 0. The van der Waals surface area contributed by atoms with Crippen molar-refractivity contribution in [3.8, 4) is 0 Å². The maximum absolute atomic E-state index is 3.98. The van der Waals surface area contributed by atoms with Gasteiger partial charge in [-0.15, -0.1) is 6.54 Å². The fraction of sp³-hybridized carbons (Fsp3) is 1.00. The molecule has 0 radical (unpaired) electrons. The van der Waals surface area contributed by atoms with Crippen molar-refractivity contribution in [2.75, 3.05) is 34.2 Å². The molecule has 0 saturated carbocycles. The van der Waals surface area contributed by atoms with E-state index in [1.165, 1.54) is 6.42 Å². The molecule has 8 heavy (non-hydrogen) atoms. The number of hydrogen-bond acceptors (Lipinski definition) is 1. The molecular weight excluding hydrogens is 100 g/mol. The van der Waals surface area contributed by atoms with Crippen molar-refractivity contribution in [1.82, 2.24) is 4.90 Å². The van der Waals surface area contributed by atoms with Crippen molar-refractivity contribution >= 4 is 0 Å². The van der Waals surface area contributed by atoms with Crippen LogP contribution in [0.1, 0.15) is 6.42 Å². The summed E-state index contributed by atoms with van der Waals surface area (Å²) < 4.78 is 0. The maximum Gasteiger partial charge on any atom is -0.00412 e. The lowest BCUT2D eigenvalue weighted by Crippen LogP contribution is -2.13. The summed E-state index contributed by atoms with van der Waals surface area (Å²) in [5, 5.41) is 3.98. The molecule has 0 bridgehead atoms. The Morgan fingerprint density at radius 1 is 1.38 bits per heavy atom. The van der Waals surface area contributed by atoms with E-state index in [0.29, 0.717) is 0 Å². The van der Waals surface area contributed by atoms with Gasteiger partial charge in [-0.2, -0.15) is 7.05 Å². The van der Waals surface area contributed by atoms with Crippen molar-refractivity contribution in [2.24, 2.45) is 0 Å². The molecule has 0 heterocycles. The van der Waals surface area contributed by atoms with Gasteiger partial charge in [0.1, 0.15) is 0 Å². The van der Waals surface area contributed by atoms with Crippen LogP contribution in [0.3, 0.4) is 0 Å². The highest BCUT2D eigenvalue weighted by molar-refractivity contribution is 4.69. The highest BCUT2D eigenvalue weighted by atomic mass is 15.0. The molecule has 2 heteroatoms. The van der Waals surface area contributed by atoms with Crippen LogP contribution in [0.15, 0.2) is 0 Å². The molecule has 0 rings (SSSR count). The molecule has 0 aromatic heterocycles. The van der Waals surface area contributed by atoms with E-state index in [-0.39, 0.29) is 0 Å². The smallest absolute Gasteiger partial charge is 0.00412 e. The summed E-state index contributed by atoms with van der Waals surface area (Å²) in [6, 6.07) is 0. The lowest BCUT2D eigenvalue weighted by Gasteiger charge is -2.13. The summed E-state index contributed by atoms with van der Waals surface area (Å²) in [5.74, 6) is 0. The first-order chi connectivity index (χ1) is 3.77. The quantitative estimate of drug-likeness (QED) is 0.498. The molecule has 0 fully saturated rings. The van der Waals surface area contributed by atoms with E-state index in [0.717, 1.165) is 13.1 Å². The molecule has 2 nitrogen and oxygen atoms in total. The van der Waals surface area contributed by atoms with Crippen molar-refractivity contribution in [2.45, 2.75) is 6.42 Å². The van der Waals surface area contributed by atoms with Crippen molar-refractivity contribution in [3.05, 3.63) is 5.32 Å². The first kappa shape index (κ1) is 7.92. The molecule has 0 aromatic rings. The Balaban J connectivity index is 2.72. The van der Waals surface area contributed by atoms with Gasteiger partial charge >= 0.3 is 0 Å². The highest BCUT2D eigenvalue weighted by Gasteiger charge is 1.82. The van der Waals surface area contributed by atoms with Gasteiger partial charge in [-0.3, -0.25) is 0 Å². The van der Waals surface area contributed by atoms with Crippen LogP contribution in [0.25, 0.3) is 5.32 Å². The van der Waals surface area contributed by atoms with Gasteiger partial charge in [-0.25, -0.2) is 0 Å². The normalized spacial score (nSPS) is 10.5. The zero-order chi connectivity index (χ0) is 6.41. The molecule has 0 aliphatic rings. The maximum atomic E-state index is 3.98. The molecule has 0 aliphatic heterocycles. The van der Waals surface area contributed by atoms with Crippen LogP contribution in [-0.4, -0.2) is 39.1 Å². The molecule has 0 spiro atoms. The van der Waals surface area contributed by atoms with E-state index in [1.54, 1.807) is 0 Å². The van der Waals surface area contributed by atoms with Crippen LogP contribution < -0.4 is 0 Å². The minimum atomic E-state index is 0.998. The Labute approximate surface area is 51.9 Å². The summed E-state index contributed by atoms with van der Waals surface area (Å²) in [7, 11) is 6.01. The summed E-state index contributed by atoms with van der Waals surface area (Å²) >= 11 is 0. The lowest BCUT2D eigenvalue weighted by molar-refractivity contribution is 0.406.